The summed E-state index contributed by atoms with van der Waals surface area (Å²) in [6.07, 6.45) is -2.66. The van der Waals surface area contributed by atoms with Crippen molar-refractivity contribution in [3.8, 4) is 10.4 Å². The van der Waals surface area contributed by atoms with E-state index in [-0.39, 0.29) is 72.3 Å². The van der Waals surface area contributed by atoms with Gasteiger partial charge in [-0.05, 0) is 45.6 Å². The molecule has 0 spiro atoms. The molecular weight excluding hydrogens is 557 g/mol. The minimum Gasteiger partial charge on any atom is -0.389 e. The van der Waals surface area contributed by atoms with Gasteiger partial charge in [0.1, 0.15) is 17.7 Å². The lowest BCUT2D eigenvalue weighted by Gasteiger charge is -2.30. The monoisotopic (exact) mass is 589 g/mol. The van der Waals surface area contributed by atoms with Crippen molar-refractivity contribution in [3.05, 3.63) is 28.5 Å². The van der Waals surface area contributed by atoms with Gasteiger partial charge in [0.2, 0.25) is 5.92 Å². The quantitative estimate of drug-likeness (QED) is 0.365. The fourth-order valence-electron chi connectivity index (χ4n) is 4.74. The third-order valence-electron chi connectivity index (χ3n) is 6.83. The Hall–Kier alpha value is -2.87. The summed E-state index contributed by atoms with van der Waals surface area (Å²) in [5, 5.41) is 15.1. The van der Waals surface area contributed by atoms with Gasteiger partial charge in [-0.1, -0.05) is 0 Å². The van der Waals surface area contributed by atoms with Crippen LogP contribution in [-0.4, -0.2) is 75.2 Å². The molecule has 1 aliphatic carbocycles. The number of aliphatic hydroxyl groups is 1. The number of likely N-dealkylation sites (tertiary alicyclic amines) is 1. The van der Waals surface area contributed by atoms with Crippen LogP contribution in [0.3, 0.4) is 0 Å². The average Bonchev–Trinajstić information content (AvgIpc) is 3.31. The van der Waals surface area contributed by atoms with E-state index >= 15 is 0 Å². The zero-order chi connectivity index (χ0) is 29.2. The van der Waals surface area contributed by atoms with E-state index in [1.165, 1.54) is 18.7 Å². The van der Waals surface area contributed by atoms with E-state index in [0.717, 1.165) is 23.6 Å². The van der Waals surface area contributed by atoms with Crippen LogP contribution in [-0.2, 0) is 0 Å². The first kappa shape index (κ1) is 30.1. The number of amides is 2. The van der Waals surface area contributed by atoms with Crippen LogP contribution in [0.5, 0.6) is 0 Å². The molecule has 0 radical (unpaired) electrons. The number of piperidine rings is 1. The number of hydrogen-bond acceptors (Lipinski definition) is 7. The highest BCUT2D eigenvalue weighted by atomic mass is 32.1. The normalized spacial score (nSPS) is 20.0. The standard InChI is InChI=1S/C26H32F5N5O3S/c1-25(2,39)13-33-22(37)23-35-19(24(38)36-8-5-14(27)6-9-36)20(40-23)17-12-32-18(10-16(17)21(28)29)34-15-4-3-7-26(30,31)11-15/h10,12,14-15,21,39H,3-9,11,13H2,1-2H3,(H,32,34)(H,33,37). The minimum absolute atomic E-state index is 0.00713. The molecule has 2 aromatic rings. The van der Waals surface area contributed by atoms with Crippen LogP contribution in [0.25, 0.3) is 10.4 Å². The number of thiazole rings is 1. The van der Waals surface area contributed by atoms with E-state index in [2.05, 4.69) is 20.6 Å². The van der Waals surface area contributed by atoms with E-state index in [9.17, 15) is 36.6 Å². The van der Waals surface area contributed by atoms with Crippen LogP contribution in [0, 0.1) is 0 Å². The fourth-order valence-corrected chi connectivity index (χ4v) is 5.75. The fraction of sp³-hybridized carbons (Fsp3) is 0.615. The molecule has 14 heteroatoms. The van der Waals surface area contributed by atoms with Gasteiger partial charge in [0.25, 0.3) is 18.2 Å². The summed E-state index contributed by atoms with van der Waals surface area (Å²) >= 11 is 0.718. The topological polar surface area (TPSA) is 107 Å². The number of carbonyl (C=O) groups excluding carboxylic acids is 2. The average molecular weight is 590 g/mol. The van der Waals surface area contributed by atoms with Crippen LogP contribution in [0.4, 0.5) is 27.8 Å². The van der Waals surface area contributed by atoms with Gasteiger partial charge in [-0.25, -0.2) is 31.9 Å². The Morgan fingerprint density at radius 2 is 1.95 bits per heavy atom. The number of halogens is 5. The number of pyridine rings is 1. The zero-order valence-electron chi connectivity index (χ0n) is 22.2. The first-order chi connectivity index (χ1) is 18.7. The van der Waals surface area contributed by atoms with Gasteiger partial charge in [0.05, 0.1) is 10.5 Å². The largest absolute Gasteiger partial charge is 0.389 e. The summed E-state index contributed by atoms with van der Waals surface area (Å²) in [5.41, 5.74) is -2.11. The molecule has 3 N–H and O–H groups in total. The molecule has 220 valence electrons. The first-order valence-electron chi connectivity index (χ1n) is 13.1. The van der Waals surface area contributed by atoms with E-state index in [1.54, 1.807) is 0 Å². The molecule has 3 heterocycles. The molecule has 0 bridgehead atoms. The second kappa shape index (κ2) is 11.9. The van der Waals surface area contributed by atoms with Gasteiger partial charge in [-0.15, -0.1) is 11.3 Å². The Balaban J connectivity index is 1.69. The van der Waals surface area contributed by atoms with Crippen molar-refractivity contribution < 1.29 is 36.6 Å². The van der Waals surface area contributed by atoms with Crippen LogP contribution in [0.2, 0.25) is 0 Å². The first-order valence-corrected chi connectivity index (χ1v) is 13.9. The molecule has 0 aromatic carbocycles. The summed E-state index contributed by atoms with van der Waals surface area (Å²) in [5.74, 6) is -4.20. The highest BCUT2D eigenvalue weighted by Crippen LogP contribution is 2.39. The van der Waals surface area contributed by atoms with Gasteiger partial charge >= 0.3 is 0 Å². The Kier molecular flexibility index (Phi) is 8.98. The zero-order valence-corrected chi connectivity index (χ0v) is 23.0. The van der Waals surface area contributed by atoms with Crippen molar-refractivity contribution in [1.29, 1.82) is 0 Å². The molecule has 1 aliphatic heterocycles. The predicted molar refractivity (Wildman–Crippen MR) is 140 cm³/mol. The van der Waals surface area contributed by atoms with Crippen molar-refractivity contribution >= 4 is 29.0 Å². The van der Waals surface area contributed by atoms with Crippen molar-refractivity contribution in [3.63, 3.8) is 0 Å². The van der Waals surface area contributed by atoms with E-state index in [1.807, 2.05) is 0 Å². The maximum Gasteiger partial charge on any atom is 0.280 e. The Morgan fingerprint density at radius 3 is 2.58 bits per heavy atom. The molecule has 1 atom stereocenters. The Labute approximate surface area is 232 Å². The summed E-state index contributed by atoms with van der Waals surface area (Å²) in [7, 11) is 0. The molecule has 1 saturated heterocycles. The lowest BCUT2D eigenvalue weighted by molar-refractivity contribution is -0.0374. The van der Waals surface area contributed by atoms with Gasteiger partial charge in [0, 0.05) is 55.8 Å². The summed E-state index contributed by atoms with van der Waals surface area (Å²) in [6, 6.07) is 0.418. The number of alkyl halides is 5. The molecule has 2 fully saturated rings. The van der Waals surface area contributed by atoms with E-state index in [0.29, 0.717) is 6.42 Å². The van der Waals surface area contributed by atoms with Crippen molar-refractivity contribution in [2.24, 2.45) is 0 Å². The summed E-state index contributed by atoms with van der Waals surface area (Å²) in [4.78, 5) is 35.9. The van der Waals surface area contributed by atoms with E-state index in [4.69, 9.17) is 0 Å². The van der Waals surface area contributed by atoms with E-state index < -0.39 is 54.0 Å². The number of rotatable bonds is 8. The summed E-state index contributed by atoms with van der Waals surface area (Å²) < 4.78 is 70.0. The van der Waals surface area contributed by atoms with Gasteiger partial charge in [-0.2, -0.15) is 0 Å². The van der Waals surface area contributed by atoms with Crippen molar-refractivity contribution in [2.45, 2.75) is 82.5 Å². The summed E-state index contributed by atoms with van der Waals surface area (Å²) in [6.45, 7) is 3.04. The maximum atomic E-state index is 14.3. The molecule has 2 aromatic heterocycles. The van der Waals surface area contributed by atoms with Gasteiger partial charge in [-0.3, -0.25) is 9.59 Å². The highest BCUT2D eigenvalue weighted by Gasteiger charge is 2.37. The van der Waals surface area contributed by atoms with Crippen LogP contribution >= 0.6 is 11.3 Å². The SMILES string of the molecule is CC(C)(O)CNC(=O)c1nc(C(=O)N2CCC(F)CC2)c(-c2cnc(NC3CCCC(F)(F)C3)cc2C(F)F)s1. The molecule has 40 heavy (non-hydrogen) atoms. The van der Waals surface area contributed by atoms with Crippen LogP contribution in [0.1, 0.15) is 84.7 Å². The smallest absolute Gasteiger partial charge is 0.280 e. The molecular formula is C26H32F5N5O3S. The Bertz CT molecular complexity index is 1230. The van der Waals surface area contributed by atoms with Gasteiger partial charge in [0.15, 0.2) is 5.01 Å². The van der Waals surface area contributed by atoms with Crippen LogP contribution in [0.15, 0.2) is 12.3 Å². The number of aromatic nitrogens is 2. The number of anilines is 1. The number of carbonyl (C=O) groups is 2. The van der Waals surface area contributed by atoms with Crippen molar-refractivity contribution in [1.82, 2.24) is 20.2 Å². The number of hydrogen-bond donors (Lipinski definition) is 3. The molecule has 1 unspecified atom stereocenters. The maximum absolute atomic E-state index is 14.3. The molecule has 2 aliphatic rings. The number of nitrogens with one attached hydrogen (secondary N) is 2. The third kappa shape index (κ3) is 7.45. The second-order valence-corrected chi connectivity index (χ2v) is 11.9. The third-order valence-corrected chi connectivity index (χ3v) is 7.91. The van der Waals surface area contributed by atoms with Crippen molar-refractivity contribution in [2.75, 3.05) is 25.0 Å². The second-order valence-electron chi connectivity index (χ2n) is 10.9. The highest BCUT2D eigenvalue weighted by molar-refractivity contribution is 7.17. The molecule has 2 amide bonds. The van der Waals surface area contributed by atoms with Gasteiger partial charge < -0.3 is 20.6 Å². The molecule has 4 rings (SSSR count). The van der Waals surface area contributed by atoms with Crippen LogP contribution < -0.4 is 10.6 Å². The predicted octanol–water partition coefficient (Wildman–Crippen LogP) is 5.21. The lowest BCUT2D eigenvalue weighted by Crippen LogP contribution is -2.39. The molecule has 8 nitrogen and oxygen atoms in total. The Morgan fingerprint density at radius 1 is 1.25 bits per heavy atom. The minimum atomic E-state index is -3.02. The lowest BCUT2D eigenvalue weighted by atomic mass is 9.92. The number of nitrogens with zero attached hydrogens (tertiary/aromatic N) is 3. The molecule has 1 saturated carbocycles.